The van der Waals surface area contributed by atoms with Crippen molar-refractivity contribution in [2.45, 2.75) is 43.8 Å². The van der Waals surface area contributed by atoms with Crippen LogP contribution in [0.4, 0.5) is 0 Å². The quantitative estimate of drug-likeness (QED) is 0.774. The van der Waals surface area contributed by atoms with Gasteiger partial charge >= 0.3 is 0 Å². The lowest BCUT2D eigenvalue weighted by Gasteiger charge is -2.44. The van der Waals surface area contributed by atoms with Crippen LogP contribution in [0, 0.1) is 17.8 Å². The van der Waals surface area contributed by atoms with Crippen molar-refractivity contribution < 1.29 is 4.79 Å². The number of nitrogens with zero attached hydrogens (tertiary/aromatic N) is 2. The third-order valence-corrected chi connectivity index (χ3v) is 6.72. The van der Waals surface area contributed by atoms with Crippen molar-refractivity contribution in [3.05, 3.63) is 53.9 Å². The Balaban J connectivity index is 1.31. The third-order valence-electron chi connectivity index (χ3n) is 6.72. The van der Waals surface area contributed by atoms with Crippen molar-refractivity contribution in [2.24, 2.45) is 24.8 Å². The van der Waals surface area contributed by atoms with Crippen molar-refractivity contribution in [1.29, 1.82) is 0 Å². The van der Waals surface area contributed by atoms with Crippen LogP contribution in [-0.4, -0.2) is 27.8 Å². The van der Waals surface area contributed by atoms with Crippen LogP contribution in [0.1, 0.15) is 36.4 Å². The molecule has 0 radical (unpaired) electrons. The second-order valence-corrected chi connectivity index (χ2v) is 8.45. The molecule has 1 aliphatic carbocycles. The summed E-state index contributed by atoms with van der Waals surface area (Å²) in [7, 11) is 1.96. The Morgan fingerprint density at radius 3 is 2.74 bits per heavy atom. The van der Waals surface area contributed by atoms with Crippen molar-refractivity contribution >= 4 is 5.91 Å². The molecule has 27 heavy (non-hydrogen) atoms. The van der Waals surface area contributed by atoms with Gasteiger partial charge in [0.05, 0.1) is 12.2 Å². The van der Waals surface area contributed by atoms with E-state index in [-0.39, 0.29) is 11.8 Å². The largest absolute Gasteiger partial charge is 0.353 e. The molecule has 0 bridgehead atoms. The molecule has 3 heterocycles. The minimum Gasteiger partial charge on any atom is -0.353 e. The lowest BCUT2D eigenvalue weighted by molar-refractivity contribution is -0.130. The molecule has 2 saturated heterocycles. The highest BCUT2D eigenvalue weighted by Gasteiger charge is 2.48. The normalized spacial score (nSPS) is 35.4. The molecule has 1 aromatic carbocycles. The van der Waals surface area contributed by atoms with E-state index >= 15 is 0 Å². The van der Waals surface area contributed by atoms with E-state index in [2.05, 4.69) is 51.7 Å². The summed E-state index contributed by atoms with van der Waals surface area (Å²) in [6, 6.07) is 11.4. The summed E-state index contributed by atoms with van der Waals surface area (Å²) in [6.45, 7) is 0. The Labute approximate surface area is 159 Å². The zero-order valence-electron chi connectivity index (χ0n) is 15.6. The molecule has 1 aromatic heterocycles. The molecular formula is C21H27N5O. The van der Waals surface area contributed by atoms with Crippen LogP contribution in [0.25, 0.3) is 0 Å². The number of rotatable bonds is 3. The van der Waals surface area contributed by atoms with Gasteiger partial charge in [-0.05, 0) is 43.1 Å². The molecule has 6 unspecified atom stereocenters. The Hall–Kier alpha value is -2.18. The van der Waals surface area contributed by atoms with Crippen LogP contribution in [0.2, 0.25) is 0 Å². The number of amides is 1. The van der Waals surface area contributed by atoms with Gasteiger partial charge in [0.1, 0.15) is 0 Å². The van der Waals surface area contributed by atoms with Crippen LogP contribution in [-0.2, 0) is 18.3 Å². The number of piperidine rings is 1. The summed E-state index contributed by atoms with van der Waals surface area (Å²) >= 11 is 0. The van der Waals surface area contributed by atoms with Crippen LogP contribution < -0.4 is 16.2 Å². The van der Waals surface area contributed by atoms with E-state index < -0.39 is 0 Å². The van der Waals surface area contributed by atoms with Crippen molar-refractivity contribution in [3.8, 4) is 0 Å². The van der Waals surface area contributed by atoms with Gasteiger partial charge in [0.15, 0.2) is 0 Å². The summed E-state index contributed by atoms with van der Waals surface area (Å²) in [4.78, 5) is 12.7. The SMILES string of the molecule is Cn1cc(C2NNC3CC4NC(=O)C(Cc5ccccc5)CC4CC32)cn1. The molecule has 6 nitrogen and oxygen atoms in total. The molecule has 0 spiro atoms. The number of hydrogen-bond acceptors (Lipinski definition) is 4. The fourth-order valence-corrected chi connectivity index (χ4v) is 5.37. The smallest absolute Gasteiger partial charge is 0.223 e. The predicted octanol–water partition coefficient (Wildman–Crippen LogP) is 1.71. The number of carbonyl (C=O) groups excluding carboxylic acids is 1. The van der Waals surface area contributed by atoms with Gasteiger partial charge < -0.3 is 5.32 Å². The molecule has 3 N–H and O–H groups in total. The summed E-state index contributed by atoms with van der Waals surface area (Å²) in [5.74, 6) is 1.42. The van der Waals surface area contributed by atoms with E-state index in [0.29, 0.717) is 30.0 Å². The first kappa shape index (κ1) is 17.0. The molecule has 5 rings (SSSR count). The van der Waals surface area contributed by atoms with Crippen LogP contribution in [0.3, 0.4) is 0 Å². The molecule has 142 valence electrons. The highest BCUT2D eigenvalue weighted by Crippen LogP contribution is 2.44. The van der Waals surface area contributed by atoms with Gasteiger partial charge in [-0.25, -0.2) is 5.43 Å². The monoisotopic (exact) mass is 365 g/mol. The van der Waals surface area contributed by atoms with Crippen LogP contribution >= 0.6 is 0 Å². The number of hydrogen-bond donors (Lipinski definition) is 3. The maximum absolute atomic E-state index is 12.7. The second kappa shape index (κ2) is 6.77. The average molecular weight is 365 g/mol. The maximum Gasteiger partial charge on any atom is 0.223 e. The molecule has 3 aliphatic rings. The maximum atomic E-state index is 12.7. The Bertz CT molecular complexity index is 819. The molecule has 1 amide bonds. The number of aryl methyl sites for hydroxylation is 1. The minimum atomic E-state index is 0.0874. The molecule has 6 atom stereocenters. The summed E-state index contributed by atoms with van der Waals surface area (Å²) < 4.78 is 1.87. The van der Waals surface area contributed by atoms with Gasteiger partial charge in [-0.15, -0.1) is 0 Å². The standard InChI is InChI=1S/C21H27N5O/c1-26-12-16(11-22-26)20-17-9-14-8-15(7-13-5-3-2-4-6-13)21(27)23-18(14)10-19(17)24-25-20/h2-6,11-12,14-15,17-20,24-25H,7-10H2,1H3,(H,23,27). The zero-order valence-corrected chi connectivity index (χ0v) is 15.6. The molecule has 1 saturated carbocycles. The van der Waals surface area contributed by atoms with E-state index in [1.807, 2.05) is 24.0 Å². The van der Waals surface area contributed by atoms with Gasteiger partial charge in [0.25, 0.3) is 0 Å². The Morgan fingerprint density at radius 2 is 1.96 bits per heavy atom. The third kappa shape index (κ3) is 3.17. The van der Waals surface area contributed by atoms with Gasteiger partial charge in [0, 0.05) is 36.8 Å². The molecule has 2 aliphatic heterocycles. The summed E-state index contributed by atoms with van der Waals surface area (Å²) in [5.41, 5.74) is 9.46. The van der Waals surface area contributed by atoms with Crippen molar-refractivity contribution in [1.82, 2.24) is 25.9 Å². The predicted molar refractivity (Wildman–Crippen MR) is 102 cm³/mol. The highest BCUT2D eigenvalue weighted by atomic mass is 16.2. The Morgan fingerprint density at radius 1 is 1.11 bits per heavy atom. The van der Waals surface area contributed by atoms with Gasteiger partial charge in [-0.2, -0.15) is 5.10 Å². The van der Waals surface area contributed by atoms with Crippen molar-refractivity contribution in [3.63, 3.8) is 0 Å². The first-order chi connectivity index (χ1) is 13.2. The summed E-state index contributed by atoms with van der Waals surface area (Å²) in [6.07, 6.45) is 8.05. The molecule has 2 aromatic rings. The molecule has 3 fully saturated rings. The lowest BCUT2D eigenvalue weighted by Crippen LogP contribution is -2.56. The number of fused-ring (bicyclic) bond motifs is 2. The van der Waals surface area contributed by atoms with Crippen molar-refractivity contribution in [2.75, 3.05) is 0 Å². The fourth-order valence-electron chi connectivity index (χ4n) is 5.37. The van der Waals surface area contributed by atoms with E-state index in [1.165, 1.54) is 11.1 Å². The fraction of sp³-hybridized carbons (Fsp3) is 0.524. The first-order valence-electron chi connectivity index (χ1n) is 10.0. The summed E-state index contributed by atoms with van der Waals surface area (Å²) in [5, 5.41) is 7.68. The number of carbonyl (C=O) groups is 1. The van der Waals surface area contributed by atoms with Gasteiger partial charge in [-0.3, -0.25) is 14.9 Å². The number of aromatic nitrogens is 2. The van der Waals surface area contributed by atoms with E-state index in [1.54, 1.807) is 0 Å². The zero-order chi connectivity index (χ0) is 18.4. The molecule has 6 heteroatoms. The second-order valence-electron chi connectivity index (χ2n) is 8.45. The topological polar surface area (TPSA) is 71.0 Å². The highest BCUT2D eigenvalue weighted by molar-refractivity contribution is 5.80. The number of benzene rings is 1. The molecular weight excluding hydrogens is 338 g/mol. The Kier molecular flexibility index (Phi) is 4.25. The van der Waals surface area contributed by atoms with E-state index in [0.717, 1.165) is 25.7 Å². The van der Waals surface area contributed by atoms with E-state index in [4.69, 9.17) is 0 Å². The van der Waals surface area contributed by atoms with Gasteiger partial charge in [0.2, 0.25) is 5.91 Å². The van der Waals surface area contributed by atoms with Crippen LogP contribution in [0.5, 0.6) is 0 Å². The average Bonchev–Trinajstić information content (AvgIpc) is 3.27. The number of nitrogens with one attached hydrogen (secondary N) is 3. The van der Waals surface area contributed by atoms with Crippen LogP contribution in [0.15, 0.2) is 42.7 Å². The minimum absolute atomic E-state index is 0.0874. The number of hydrazine groups is 1. The van der Waals surface area contributed by atoms with Gasteiger partial charge in [-0.1, -0.05) is 30.3 Å². The van der Waals surface area contributed by atoms with E-state index in [9.17, 15) is 4.79 Å². The first-order valence-corrected chi connectivity index (χ1v) is 10.0. The lowest BCUT2D eigenvalue weighted by atomic mass is 9.67.